The second-order valence-electron chi connectivity index (χ2n) is 5.43. The smallest absolute Gasteiger partial charge is 0.124 e. The molecular weight excluding hydrogens is 353 g/mol. The minimum atomic E-state index is -0.281. The molecule has 2 aromatic carbocycles. The normalized spacial score (nSPS) is 22.2. The lowest BCUT2D eigenvalue weighted by molar-refractivity contribution is 0.404. The highest BCUT2D eigenvalue weighted by Gasteiger charge is 2.29. The average molecular weight is 369 g/mol. The first-order valence-electron chi connectivity index (χ1n) is 7.06. The lowest BCUT2D eigenvalue weighted by atomic mass is 9.77. The van der Waals surface area contributed by atoms with Crippen molar-refractivity contribution in [2.75, 3.05) is 13.1 Å². The van der Waals surface area contributed by atoms with Gasteiger partial charge in [0.05, 0.1) is 0 Å². The van der Waals surface area contributed by atoms with Gasteiger partial charge in [-0.25, -0.2) is 4.39 Å². The number of piperidine rings is 1. The number of hydrogen-bond donors (Lipinski definition) is 1. The van der Waals surface area contributed by atoms with Crippen LogP contribution in [0.15, 0.2) is 46.9 Å². The zero-order chi connectivity index (χ0) is 14.8. The Morgan fingerprint density at radius 2 is 2.00 bits per heavy atom. The van der Waals surface area contributed by atoms with Gasteiger partial charge in [-0.15, -0.1) is 0 Å². The Morgan fingerprint density at radius 3 is 2.76 bits per heavy atom. The molecule has 0 radical (unpaired) electrons. The van der Waals surface area contributed by atoms with Crippen molar-refractivity contribution in [3.05, 3.63) is 68.9 Å². The van der Waals surface area contributed by atoms with Crippen LogP contribution < -0.4 is 5.32 Å². The fourth-order valence-corrected chi connectivity index (χ4v) is 3.84. The highest BCUT2D eigenvalue weighted by Crippen LogP contribution is 2.40. The highest BCUT2D eigenvalue weighted by atomic mass is 79.9. The topological polar surface area (TPSA) is 12.0 Å². The molecule has 2 aromatic rings. The van der Waals surface area contributed by atoms with Gasteiger partial charge in [0.2, 0.25) is 0 Å². The molecule has 21 heavy (non-hydrogen) atoms. The second kappa shape index (κ2) is 6.47. The van der Waals surface area contributed by atoms with Crippen molar-refractivity contribution in [1.29, 1.82) is 0 Å². The molecule has 2 atom stereocenters. The fraction of sp³-hybridized carbons (Fsp3) is 0.294. The van der Waals surface area contributed by atoms with Crippen molar-refractivity contribution < 1.29 is 4.39 Å². The van der Waals surface area contributed by atoms with Crippen LogP contribution in [0.1, 0.15) is 29.4 Å². The van der Waals surface area contributed by atoms with Crippen molar-refractivity contribution in [3.63, 3.8) is 0 Å². The van der Waals surface area contributed by atoms with Gasteiger partial charge in [-0.05, 0) is 54.3 Å². The molecule has 1 aliphatic rings. The monoisotopic (exact) mass is 367 g/mol. The van der Waals surface area contributed by atoms with Gasteiger partial charge in [0.25, 0.3) is 0 Å². The zero-order valence-electron chi connectivity index (χ0n) is 11.5. The molecule has 1 nitrogen and oxygen atoms in total. The third-order valence-electron chi connectivity index (χ3n) is 4.12. The number of nitrogens with one attached hydrogen (secondary N) is 1. The van der Waals surface area contributed by atoms with Crippen molar-refractivity contribution in [3.8, 4) is 0 Å². The Balaban J connectivity index is 1.98. The van der Waals surface area contributed by atoms with E-state index in [-0.39, 0.29) is 5.82 Å². The van der Waals surface area contributed by atoms with E-state index in [0.29, 0.717) is 16.9 Å². The van der Waals surface area contributed by atoms with Crippen LogP contribution >= 0.6 is 27.5 Å². The van der Waals surface area contributed by atoms with Crippen LogP contribution in [0.25, 0.3) is 0 Å². The number of hydrogen-bond acceptors (Lipinski definition) is 1. The Hall–Kier alpha value is -0.900. The molecule has 110 valence electrons. The molecule has 0 bridgehead atoms. The maximum absolute atomic E-state index is 13.3. The zero-order valence-corrected chi connectivity index (χ0v) is 13.8. The molecule has 0 amide bonds. The standard InChI is InChI=1S/C17H16BrClFN/c18-12-3-1-2-11(8-12)16-10-21-7-6-14(16)15-5-4-13(20)9-17(15)19/h1-5,8-9,14,16,21H,6-7,10H2. The number of halogens is 3. The maximum atomic E-state index is 13.3. The molecule has 1 heterocycles. The van der Waals surface area contributed by atoms with E-state index in [2.05, 4.69) is 39.4 Å². The first-order valence-corrected chi connectivity index (χ1v) is 8.23. The van der Waals surface area contributed by atoms with E-state index in [4.69, 9.17) is 11.6 Å². The third-order valence-corrected chi connectivity index (χ3v) is 4.94. The van der Waals surface area contributed by atoms with Gasteiger partial charge in [-0.1, -0.05) is 45.7 Å². The Bertz CT molecular complexity index is 646. The summed E-state index contributed by atoms with van der Waals surface area (Å²) >= 11 is 9.81. The van der Waals surface area contributed by atoms with Crippen molar-refractivity contribution >= 4 is 27.5 Å². The molecule has 1 saturated heterocycles. The van der Waals surface area contributed by atoms with Gasteiger partial charge in [0.1, 0.15) is 5.82 Å². The molecule has 0 aromatic heterocycles. The van der Waals surface area contributed by atoms with E-state index >= 15 is 0 Å². The summed E-state index contributed by atoms with van der Waals surface area (Å²) in [6.07, 6.45) is 1.00. The average Bonchev–Trinajstić information content (AvgIpc) is 2.47. The minimum absolute atomic E-state index is 0.281. The molecule has 2 unspecified atom stereocenters. The molecule has 0 spiro atoms. The van der Waals surface area contributed by atoms with E-state index in [0.717, 1.165) is 29.5 Å². The van der Waals surface area contributed by atoms with Crippen LogP contribution in [0.4, 0.5) is 4.39 Å². The first kappa shape index (κ1) is 15.0. The van der Waals surface area contributed by atoms with Crippen molar-refractivity contribution in [1.82, 2.24) is 5.32 Å². The van der Waals surface area contributed by atoms with Gasteiger partial charge in [0, 0.05) is 22.0 Å². The second-order valence-corrected chi connectivity index (χ2v) is 6.75. The summed E-state index contributed by atoms with van der Waals surface area (Å²) in [7, 11) is 0. The third kappa shape index (κ3) is 3.31. The maximum Gasteiger partial charge on any atom is 0.124 e. The lowest BCUT2D eigenvalue weighted by Gasteiger charge is -2.33. The molecule has 4 heteroatoms. The Kier molecular flexibility index (Phi) is 4.63. The van der Waals surface area contributed by atoms with Gasteiger partial charge < -0.3 is 5.32 Å². The van der Waals surface area contributed by atoms with Crippen LogP contribution in [0, 0.1) is 5.82 Å². The van der Waals surface area contributed by atoms with Crippen molar-refractivity contribution in [2.45, 2.75) is 18.3 Å². The SMILES string of the molecule is Fc1ccc(C2CCNCC2c2cccc(Br)c2)c(Cl)c1. The Morgan fingerprint density at radius 1 is 1.14 bits per heavy atom. The van der Waals surface area contributed by atoms with Gasteiger partial charge >= 0.3 is 0 Å². The molecule has 1 fully saturated rings. The Labute approximate surface area is 137 Å². The first-order chi connectivity index (χ1) is 10.1. The molecule has 3 rings (SSSR count). The quantitative estimate of drug-likeness (QED) is 0.777. The van der Waals surface area contributed by atoms with E-state index in [1.54, 1.807) is 0 Å². The summed E-state index contributed by atoms with van der Waals surface area (Å²) in [6, 6.07) is 13.1. The predicted octanol–water partition coefficient (Wildman–Crippen LogP) is 5.10. The van der Waals surface area contributed by atoms with E-state index in [9.17, 15) is 4.39 Å². The molecule has 1 N–H and O–H groups in total. The number of benzene rings is 2. The summed E-state index contributed by atoms with van der Waals surface area (Å²) in [5.74, 6) is 0.379. The van der Waals surface area contributed by atoms with Gasteiger partial charge in [-0.3, -0.25) is 0 Å². The van der Waals surface area contributed by atoms with E-state index in [1.807, 2.05) is 12.1 Å². The van der Waals surface area contributed by atoms with Crippen LogP contribution in [0.3, 0.4) is 0 Å². The van der Waals surface area contributed by atoms with Crippen LogP contribution in [0.2, 0.25) is 5.02 Å². The lowest BCUT2D eigenvalue weighted by Crippen LogP contribution is -2.34. The van der Waals surface area contributed by atoms with Crippen molar-refractivity contribution in [2.24, 2.45) is 0 Å². The molecular formula is C17H16BrClFN. The predicted molar refractivity (Wildman–Crippen MR) is 88.5 cm³/mol. The van der Waals surface area contributed by atoms with E-state index < -0.39 is 0 Å². The highest BCUT2D eigenvalue weighted by molar-refractivity contribution is 9.10. The summed E-state index contributed by atoms with van der Waals surface area (Å²) in [5.41, 5.74) is 2.33. The molecule has 0 aliphatic carbocycles. The van der Waals surface area contributed by atoms with Crippen LogP contribution in [-0.4, -0.2) is 13.1 Å². The number of rotatable bonds is 2. The fourth-order valence-electron chi connectivity index (χ4n) is 3.12. The minimum Gasteiger partial charge on any atom is -0.316 e. The van der Waals surface area contributed by atoms with Gasteiger partial charge in [-0.2, -0.15) is 0 Å². The van der Waals surface area contributed by atoms with E-state index in [1.165, 1.54) is 17.7 Å². The molecule has 1 aliphatic heterocycles. The van der Waals surface area contributed by atoms with Gasteiger partial charge in [0.15, 0.2) is 0 Å². The molecule has 0 saturated carbocycles. The van der Waals surface area contributed by atoms with Crippen LogP contribution in [0.5, 0.6) is 0 Å². The van der Waals surface area contributed by atoms with Crippen LogP contribution in [-0.2, 0) is 0 Å². The largest absolute Gasteiger partial charge is 0.316 e. The summed E-state index contributed by atoms with van der Waals surface area (Å²) in [6.45, 7) is 1.87. The summed E-state index contributed by atoms with van der Waals surface area (Å²) < 4.78 is 14.4. The summed E-state index contributed by atoms with van der Waals surface area (Å²) in [4.78, 5) is 0. The summed E-state index contributed by atoms with van der Waals surface area (Å²) in [5, 5.41) is 3.98.